The second-order valence-electron chi connectivity index (χ2n) is 8.03. The van der Waals surface area contributed by atoms with Gasteiger partial charge in [0.2, 0.25) is 0 Å². The lowest BCUT2D eigenvalue weighted by molar-refractivity contribution is -0.0375. The quantitative estimate of drug-likeness (QED) is 0.919. The van der Waals surface area contributed by atoms with E-state index < -0.39 is 0 Å². The van der Waals surface area contributed by atoms with Crippen LogP contribution in [0.25, 0.3) is 0 Å². The standard InChI is InChI=1S/C20H31N3O/c1-16(23-12-10-22(2)11-13-23)15-21-18-14-20(8-5-9-20)24-19-7-4-3-6-17(18)19/h3-4,6-7,16,18,21H,5,8-15H2,1-2H3/t16-,18-/m0/s1. The minimum atomic E-state index is 0.114. The molecule has 2 atom stereocenters. The second-order valence-corrected chi connectivity index (χ2v) is 8.03. The summed E-state index contributed by atoms with van der Waals surface area (Å²) in [5, 5.41) is 3.87. The topological polar surface area (TPSA) is 27.7 Å². The summed E-state index contributed by atoms with van der Waals surface area (Å²) in [5.41, 5.74) is 1.46. The Morgan fingerprint density at radius 1 is 1.21 bits per heavy atom. The molecule has 4 heteroatoms. The van der Waals surface area contributed by atoms with Crippen LogP contribution in [0, 0.1) is 0 Å². The molecule has 3 aliphatic rings. The Bertz CT molecular complexity index is 564. The lowest BCUT2D eigenvalue weighted by atomic mass is 9.73. The normalized spacial score (nSPS) is 28.0. The number of likely N-dealkylation sites (N-methyl/N-ethyl adjacent to an activating group) is 1. The van der Waals surface area contributed by atoms with Gasteiger partial charge in [-0.3, -0.25) is 4.90 Å². The zero-order chi connectivity index (χ0) is 16.6. The highest BCUT2D eigenvalue weighted by atomic mass is 16.5. The number of nitrogens with one attached hydrogen (secondary N) is 1. The minimum Gasteiger partial charge on any atom is -0.487 e. The molecular formula is C20H31N3O. The van der Waals surface area contributed by atoms with Gasteiger partial charge in [-0.2, -0.15) is 0 Å². The number of ether oxygens (including phenoxy) is 1. The number of para-hydroxylation sites is 1. The van der Waals surface area contributed by atoms with E-state index in [1.807, 2.05) is 0 Å². The molecule has 2 aliphatic heterocycles. The summed E-state index contributed by atoms with van der Waals surface area (Å²) < 4.78 is 6.36. The second kappa shape index (κ2) is 6.66. The molecule has 1 N–H and O–H groups in total. The highest BCUT2D eigenvalue weighted by molar-refractivity contribution is 5.39. The summed E-state index contributed by atoms with van der Waals surface area (Å²) in [6, 6.07) is 9.64. The number of hydrogen-bond acceptors (Lipinski definition) is 4. The maximum atomic E-state index is 6.36. The van der Waals surface area contributed by atoms with Crippen LogP contribution in [0.2, 0.25) is 0 Å². The van der Waals surface area contributed by atoms with Gasteiger partial charge < -0.3 is 15.0 Å². The molecular weight excluding hydrogens is 298 g/mol. The van der Waals surface area contributed by atoms with Gasteiger partial charge in [0.15, 0.2) is 0 Å². The average Bonchev–Trinajstić information content (AvgIpc) is 2.58. The number of rotatable bonds is 4. The third-order valence-electron chi connectivity index (χ3n) is 6.28. The molecule has 4 nitrogen and oxygen atoms in total. The van der Waals surface area contributed by atoms with E-state index >= 15 is 0 Å². The van der Waals surface area contributed by atoms with Gasteiger partial charge in [-0.15, -0.1) is 0 Å². The summed E-state index contributed by atoms with van der Waals surface area (Å²) in [7, 11) is 2.22. The Balaban J connectivity index is 1.40. The van der Waals surface area contributed by atoms with Gasteiger partial charge in [0, 0.05) is 56.8 Å². The first kappa shape index (κ1) is 16.4. The molecule has 1 saturated carbocycles. The molecule has 0 radical (unpaired) electrons. The predicted molar refractivity (Wildman–Crippen MR) is 97.5 cm³/mol. The molecule has 0 aromatic heterocycles. The highest BCUT2D eigenvalue weighted by Crippen LogP contribution is 2.48. The number of hydrogen-bond donors (Lipinski definition) is 1. The first-order valence-corrected chi connectivity index (χ1v) is 9.59. The predicted octanol–water partition coefficient (Wildman–Crippen LogP) is 2.66. The fraction of sp³-hybridized carbons (Fsp3) is 0.700. The van der Waals surface area contributed by atoms with Crippen LogP contribution in [0.15, 0.2) is 24.3 Å². The lowest BCUT2D eigenvalue weighted by Crippen LogP contribution is -2.53. The number of benzene rings is 1. The zero-order valence-electron chi connectivity index (χ0n) is 15.1. The van der Waals surface area contributed by atoms with Crippen LogP contribution in [0.1, 0.15) is 44.2 Å². The Morgan fingerprint density at radius 3 is 2.67 bits per heavy atom. The van der Waals surface area contributed by atoms with Crippen molar-refractivity contribution in [3.05, 3.63) is 29.8 Å². The van der Waals surface area contributed by atoms with E-state index in [2.05, 4.69) is 53.4 Å². The molecule has 1 aromatic rings. The van der Waals surface area contributed by atoms with Crippen LogP contribution in [0.5, 0.6) is 5.75 Å². The van der Waals surface area contributed by atoms with Gasteiger partial charge in [0.05, 0.1) is 0 Å². The van der Waals surface area contributed by atoms with Gasteiger partial charge in [0.1, 0.15) is 11.4 Å². The fourth-order valence-electron chi connectivity index (χ4n) is 4.38. The summed E-state index contributed by atoms with van der Waals surface area (Å²) in [6.45, 7) is 8.17. The van der Waals surface area contributed by atoms with Gasteiger partial charge >= 0.3 is 0 Å². The summed E-state index contributed by atoms with van der Waals surface area (Å²) >= 11 is 0. The maximum absolute atomic E-state index is 6.36. The molecule has 2 heterocycles. The molecule has 0 unspecified atom stereocenters. The van der Waals surface area contributed by atoms with Crippen LogP contribution in [-0.2, 0) is 0 Å². The van der Waals surface area contributed by atoms with Crippen molar-refractivity contribution in [2.24, 2.45) is 0 Å². The molecule has 4 rings (SSSR count). The highest BCUT2D eigenvalue weighted by Gasteiger charge is 2.45. The van der Waals surface area contributed by atoms with E-state index in [0.717, 1.165) is 18.7 Å². The average molecular weight is 329 g/mol. The third-order valence-corrected chi connectivity index (χ3v) is 6.28. The number of fused-ring (bicyclic) bond motifs is 1. The zero-order valence-corrected chi connectivity index (χ0v) is 15.1. The van der Waals surface area contributed by atoms with Crippen LogP contribution in [-0.4, -0.2) is 61.2 Å². The first-order valence-electron chi connectivity index (χ1n) is 9.59. The molecule has 1 aliphatic carbocycles. The molecule has 1 aromatic carbocycles. The third kappa shape index (κ3) is 3.19. The van der Waals surface area contributed by atoms with Crippen LogP contribution < -0.4 is 10.1 Å². The summed E-state index contributed by atoms with van der Waals surface area (Å²) in [5.74, 6) is 1.10. The summed E-state index contributed by atoms with van der Waals surface area (Å²) in [6.07, 6.45) is 4.87. The Morgan fingerprint density at radius 2 is 1.96 bits per heavy atom. The van der Waals surface area contributed by atoms with Gasteiger partial charge in [-0.05, 0) is 39.3 Å². The monoisotopic (exact) mass is 329 g/mol. The molecule has 0 bridgehead atoms. The van der Waals surface area contributed by atoms with Gasteiger partial charge in [-0.1, -0.05) is 18.2 Å². The van der Waals surface area contributed by atoms with Crippen molar-refractivity contribution in [2.75, 3.05) is 39.8 Å². The van der Waals surface area contributed by atoms with E-state index in [-0.39, 0.29) is 5.60 Å². The van der Waals surface area contributed by atoms with E-state index in [1.54, 1.807) is 0 Å². The van der Waals surface area contributed by atoms with Crippen LogP contribution in [0.3, 0.4) is 0 Å². The SMILES string of the molecule is C[C@@H](CN[C@H]1CC2(CCC2)Oc2ccccc21)N1CCN(C)CC1. The van der Waals surface area contributed by atoms with Crippen molar-refractivity contribution >= 4 is 0 Å². The van der Waals surface area contributed by atoms with Gasteiger partial charge in [0.25, 0.3) is 0 Å². The van der Waals surface area contributed by atoms with Crippen LogP contribution in [0.4, 0.5) is 0 Å². The van der Waals surface area contributed by atoms with E-state index in [4.69, 9.17) is 4.74 Å². The Kier molecular flexibility index (Phi) is 4.54. The number of nitrogens with zero attached hydrogens (tertiary/aromatic N) is 2. The van der Waals surface area contributed by atoms with E-state index in [0.29, 0.717) is 12.1 Å². The molecule has 0 amide bonds. The minimum absolute atomic E-state index is 0.114. The maximum Gasteiger partial charge on any atom is 0.124 e. The smallest absolute Gasteiger partial charge is 0.124 e. The molecule has 1 spiro atoms. The van der Waals surface area contributed by atoms with Crippen LogP contribution >= 0.6 is 0 Å². The van der Waals surface area contributed by atoms with Crippen molar-refractivity contribution in [1.82, 2.24) is 15.1 Å². The molecule has 24 heavy (non-hydrogen) atoms. The van der Waals surface area contributed by atoms with Crippen molar-refractivity contribution < 1.29 is 4.74 Å². The molecule has 1 saturated heterocycles. The van der Waals surface area contributed by atoms with E-state index in [9.17, 15) is 0 Å². The summed E-state index contributed by atoms with van der Waals surface area (Å²) in [4.78, 5) is 5.04. The largest absolute Gasteiger partial charge is 0.487 e. The fourth-order valence-corrected chi connectivity index (χ4v) is 4.38. The van der Waals surface area contributed by atoms with Crippen molar-refractivity contribution in [3.8, 4) is 5.75 Å². The Hall–Kier alpha value is -1.10. The molecule has 132 valence electrons. The van der Waals surface area contributed by atoms with E-state index in [1.165, 1.54) is 51.0 Å². The van der Waals surface area contributed by atoms with Crippen molar-refractivity contribution in [3.63, 3.8) is 0 Å². The molecule has 2 fully saturated rings. The number of piperazine rings is 1. The van der Waals surface area contributed by atoms with Crippen molar-refractivity contribution in [2.45, 2.75) is 50.3 Å². The first-order chi connectivity index (χ1) is 11.7. The Labute approximate surface area is 146 Å². The van der Waals surface area contributed by atoms with Crippen molar-refractivity contribution in [1.29, 1.82) is 0 Å². The lowest BCUT2D eigenvalue weighted by Gasteiger charge is -2.48. The van der Waals surface area contributed by atoms with Gasteiger partial charge in [-0.25, -0.2) is 0 Å².